The fourth-order valence-corrected chi connectivity index (χ4v) is 4.86. The van der Waals surface area contributed by atoms with Crippen LogP contribution in [0.1, 0.15) is 57.4 Å². The Bertz CT molecular complexity index is 1160. The Hall–Kier alpha value is -2.58. The molecule has 1 saturated carbocycles. The van der Waals surface area contributed by atoms with Crippen LogP contribution in [0.5, 0.6) is 5.75 Å². The van der Waals surface area contributed by atoms with Crippen LogP contribution in [0.15, 0.2) is 21.9 Å². The molecule has 9 heteroatoms. The molecule has 2 N–H and O–H groups in total. The molecule has 2 aliphatic rings. The van der Waals surface area contributed by atoms with Crippen molar-refractivity contribution in [2.45, 2.75) is 70.7 Å². The standard InChI is InChI=1S/C23H29ClN4O4/c1-14-22(31)26-23-25-18-10-11-19(21(24)17(18)13-27(14)23)32-12-6-9-20(30)28(15(2)29)16-7-4-3-5-8-16/h10-11,15-16,29H,1,3-9,12-13H2,2H3,(H,25,26,31). The summed E-state index contributed by atoms with van der Waals surface area (Å²) in [4.78, 5) is 33.3. The van der Waals surface area contributed by atoms with E-state index in [-0.39, 0.29) is 17.5 Å². The molecule has 0 spiro atoms. The van der Waals surface area contributed by atoms with E-state index in [1.165, 1.54) is 6.42 Å². The molecule has 172 valence electrons. The smallest absolute Gasteiger partial charge is 0.274 e. The number of carbonyl (C=O) groups is 1. The second kappa shape index (κ2) is 9.50. The summed E-state index contributed by atoms with van der Waals surface area (Å²) in [6.07, 6.45) is 5.33. The molecule has 1 fully saturated rings. The second-order valence-corrected chi connectivity index (χ2v) is 8.85. The van der Waals surface area contributed by atoms with E-state index in [0.29, 0.717) is 53.4 Å². The fourth-order valence-electron chi connectivity index (χ4n) is 4.59. The zero-order chi connectivity index (χ0) is 22.8. The van der Waals surface area contributed by atoms with Gasteiger partial charge in [-0.05, 0) is 38.3 Å². The Balaban J connectivity index is 1.37. The van der Waals surface area contributed by atoms with Crippen LogP contribution >= 0.6 is 11.6 Å². The lowest BCUT2D eigenvalue weighted by atomic mass is 9.93. The van der Waals surface area contributed by atoms with Crippen molar-refractivity contribution >= 4 is 29.8 Å². The largest absolute Gasteiger partial charge is 0.492 e. The molecular weight excluding hydrogens is 432 g/mol. The predicted molar refractivity (Wildman–Crippen MR) is 122 cm³/mol. The van der Waals surface area contributed by atoms with Crippen molar-refractivity contribution < 1.29 is 14.6 Å². The van der Waals surface area contributed by atoms with Crippen molar-refractivity contribution in [3.05, 3.63) is 44.0 Å². The van der Waals surface area contributed by atoms with Gasteiger partial charge in [0, 0.05) is 18.0 Å². The predicted octanol–water partition coefficient (Wildman–Crippen LogP) is 2.21. The van der Waals surface area contributed by atoms with Crippen LogP contribution in [0.2, 0.25) is 5.02 Å². The Morgan fingerprint density at radius 3 is 2.88 bits per heavy atom. The molecule has 0 saturated heterocycles. The monoisotopic (exact) mass is 460 g/mol. The SMILES string of the molecule is C=c1c(=O)[nH]c2n1Cc1c(ccc(OCCCC(=O)N(C(C)O)C3CCCCC3)c1Cl)N=2. The minimum Gasteiger partial charge on any atom is -0.492 e. The number of halogens is 1. The first kappa shape index (κ1) is 22.6. The maximum atomic E-state index is 12.7. The van der Waals surface area contributed by atoms with Gasteiger partial charge >= 0.3 is 0 Å². The summed E-state index contributed by atoms with van der Waals surface area (Å²) in [7, 11) is 0. The Morgan fingerprint density at radius 2 is 2.16 bits per heavy atom. The van der Waals surface area contributed by atoms with E-state index in [9.17, 15) is 14.7 Å². The van der Waals surface area contributed by atoms with Crippen molar-refractivity contribution in [2.24, 2.45) is 4.99 Å². The van der Waals surface area contributed by atoms with Gasteiger partial charge in [0.2, 0.25) is 11.5 Å². The summed E-state index contributed by atoms with van der Waals surface area (Å²) in [6, 6.07) is 3.68. The second-order valence-electron chi connectivity index (χ2n) is 8.47. The topological polar surface area (TPSA) is 99.9 Å². The van der Waals surface area contributed by atoms with Gasteiger partial charge in [0.05, 0.1) is 23.9 Å². The quantitative estimate of drug-likeness (QED) is 0.417. The number of carbonyl (C=O) groups excluding carboxylic acids is 1. The zero-order valence-electron chi connectivity index (χ0n) is 18.3. The van der Waals surface area contributed by atoms with Crippen molar-refractivity contribution in [1.29, 1.82) is 0 Å². The number of ether oxygens (including phenoxy) is 1. The third-order valence-electron chi connectivity index (χ3n) is 6.25. The van der Waals surface area contributed by atoms with Crippen LogP contribution in [-0.2, 0) is 11.3 Å². The number of aliphatic hydroxyl groups is 1. The van der Waals surface area contributed by atoms with Crippen LogP contribution in [-0.4, -0.2) is 44.3 Å². The summed E-state index contributed by atoms with van der Waals surface area (Å²) in [5.74, 6) is 0.471. The number of benzene rings is 1. The lowest BCUT2D eigenvalue weighted by molar-refractivity contribution is -0.145. The van der Waals surface area contributed by atoms with Gasteiger partial charge in [-0.2, -0.15) is 0 Å². The molecule has 1 atom stereocenters. The summed E-state index contributed by atoms with van der Waals surface area (Å²) >= 11 is 6.57. The van der Waals surface area contributed by atoms with Gasteiger partial charge in [0.1, 0.15) is 17.3 Å². The number of amides is 1. The average molecular weight is 461 g/mol. The first-order valence-corrected chi connectivity index (χ1v) is 11.5. The minimum absolute atomic E-state index is 0.0429. The van der Waals surface area contributed by atoms with Crippen LogP contribution in [0.3, 0.4) is 0 Å². The van der Waals surface area contributed by atoms with E-state index in [4.69, 9.17) is 16.3 Å². The summed E-state index contributed by atoms with van der Waals surface area (Å²) in [5.41, 5.74) is 1.63. The maximum absolute atomic E-state index is 12.7. The molecule has 2 aromatic rings. The lowest BCUT2D eigenvalue weighted by Gasteiger charge is -2.36. The first-order valence-electron chi connectivity index (χ1n) is 11.2. The Kier molecular flexibility index (Phi) is 6.71. The number of rotatable bonds is 7. The Morgan fingerprint density at radius 1 is 1.41 bits per heavy atom. The number of aliphatic hydroxyl groups excluding tert-OH is 1. The minimum atomic E-state index is -0.784. The molecule has 1 aliphatic carbocycles. The summed E-state index contributed by atoms with van der Waals surface area (Å²) in [5, 5.41) is 10.9. The molecule has 1 aromatic carbocycles. The van der Waals surface area contributed by atoms with Crippen molar-refractivity contribution in [3.8, 4) is 5.75 Å². The fraction of sp³-hybridized carbons (Fsp3) is 0.522. The number of aromatic nitrogens is 2. The first-order chi connectivity index (χ1) is 15.4. The van der Waals surface area contributed by atoms with Crippen LogP contribution < -0.4 is 21.3 Å². The highest BCUT2D eigenvalue weighted by atomic mass is 35.5. The number of aromatic amines is 1. The van der Waals surface area contributed by atoms with Gasteiger partial charge in [-0.1, -0.05) is 37.4 Å². The summed E-state index contributed by atoms with van der Waals surface area (Å²) < 4.78 is 7.55. The van der Waals surface area contributed by atoms with Crippen molar-refractivity contribution in [2.75, 3.05) is 6.61 Å². The maximum Gasteiger partial charge on any atom is 0.274 e. The summed E-state index contributed by atoms with van der Waals surface area (Å²) in [6.45, 7) is 6.15. The normalized spacial score (nSPS) is 16.6. The molecule has 1 unspecified atom stereocenters. The van der Waals surface area contributed by atoms with E-state index >= 15 is 0 Å². The van der Waals surface area contributed by atoms with E-state index in [0.717, 1.165) is 31.2 Å². The Labute approximate surface area is 191 Å². The lowest BCUT2D eigenvalue weighted by Crippen LogP contribution is -2.46. The molecule has 2 heterocycles. The molecule has 0 bridgehead atoms. The molecule has 1 aliphatic heterocycles. The van der Waals surface area contributed by atoms with Crippen molar-refractivity contribution in [1.82, 2.24) is 14.5 Å². The van der Waals surface area contributed by atoms with E-state index in [1.807, 2.05) is 0 Å². The molecule has 1 amide bonds. The molecular formula is C23H29ClN4O4. The average Bonchev–Trinajstić information content (AvgIpc) is 3.05. The van der Waals surface area contributed by atoms with E-state index in [1.54, 1.807) is 28.5 Å². The molecule has 4 rings (SSSR count). The van der Waals surface area contributed by atoms with Gasteiger partial charge in [0.25, 0.3) is 5.56 Å². The number of hydrogen-bond donors (Lipinski definition) is 2. The van der Waals surface area contributed by atoms with Gasteiger partial charge in [-0.3, -0.25) is 14.6 Å². The number of H-pyrrole nitrogens is 1. The van der Waals surface area contributed by atoms with Crippen LogP contribution in [0.4, 0.5) is 5.69 Å². The number of imidazole rings is 1. The third-order valence-corrected chi connectivity index (χ3v) is 6.66. The number of nitrogens with zero attached hydrogens (tertiary/aromatic N) is 3. The van der Waals surface area contributed by atoms with Gasteiger partial charge in [-0.25, -0.2) is 4.99 Å². The van der Waals surface area contributed by atoms with Crippen LogP contribution in [0, 0.1) is 0 Å². The molecule has 8 nitrogen and oxygen atoms in total. The van der Waals surface area contributed by atoms with E-state index < -0.39 is 6.23 Å². The van der Waals surface area contributed by atoms with Gasteiger partial charge < -0.3 is 19.3 Å². The van der Waals surface area contributed by atoms with Crippen molar-refractivity contribution in [3.63, 3.8) is 0 Å². The molecule has 0 radical (unpaired) electrons. The highest BCUT2D eigenvalue weighted by Crippen LogP contribution is 2.36. The van der Waals surface area contributed by atoms with Gasteiger partial charge in [0.15, 0.2) is 0 Å². The number of fused-ring (bicyclic) bond motifs is 2. The van der Waals surface area contributed by atoms with Crippen LogP contribution in [0.25, 0.3) is 6.58 Å². The highest BCUT2D eigenvalue weighted by Gasteiger charge is 2.28. The third kappa shape index (κ3) is 4.47. The highest BCUT2D eigenvalue weighted by molar-refractivity contribution is 6.33. The zero-order valence-corrected chi connectivity index (χ0v) is 19.0. The molecule has 1 aromatic heterocycles. The van der Waals surface area contributed by atoms with E-state index in [2.05, 4.69) is 16.6 Å². The molecule has 32 heavy (non-hydrogen) atoms. The number of nitrogens with one attached hydrogen (secondary N) is 1. The number of hydrogen-bond acceptors (Lipinski definition) is 5. The van der Waals surface area contributed by atoms with Gasteiger partial charge in [-0.15, -0.1) is 0 Å².